The highest BCUT2D eigenvalue weighted by atomic mass is 35.5. The van der Waals surface area contributed by atoms with Crippen LogP contribution in [0.1, 0.15) is 5.56 Å². The highest BCUT2D eigenvalue weighted by molar-refractivity contribution is 7.98. The van der Waals surface area contributed by atoms with E-state index in [1.54, 1.807) is 35.1 Å². The number of benzene rings is 2. The van der Waals surface area contributed by atoms with Gasteiger partial charge in [-0.25, -0.2) is 24.3 Å². The molecular weight excluding hydrogens is 422 g/mol. The summed E-state index contributed by atoms with van der Waals surface area (Å²) in [4.78, 5) is 22.3. The fraction of sp³-hybridized carbons (Fsp3) is 0.143. The average Bonchev–Trinajstić information content (AvgIpc) is 3.16. The van der Waals surface area contributed by atoms with Gasteiger partial charge in [-0.2, -0.15) is 5.10 Å². The van der Waals surface area contributed by atoms with Crippen LogP contribution in [0, 0.1) is 0 Å². The number of aromatic nitrogens is 4. The molecule has 1 amide bonds. The Hall–Kier alpha value is -3.10. The van der Waals surface area contributed by atoms with Crippen molar-refractivity contribution in [2.75, 3.05) is 11.2 Å². The maximum Gasteiger partial charge on any atom is 0.417 e. The Balaban J connectivity index is 1.79. The highest BCUT2D eigenvalue weighted by Gasteiger charge is 2.24. The first-order valence-electron chi connectivity index (χ1n) is 9.17. The van der Waals surface area contributed by atoms with Crippen LogP contribution in [0.3, 0.4) is 0 Å². The van der Waals surface area contributed by atoms with Crippen LogP contribution < -0.4 is 4.90 Å². The quantitative estimate of drug-likeness (QED) is 0.326. The molecule has 0 spiro atoms. The summed E-state index contributed by atoms with van der Waals surface area (Å²) in [5.74, 6) is 0.255. The summed E-state index contributed by atoms with van der Waals surface area (Å²) in [7, 11) is 0. The third kappa shape index (κ3) is 4.10. The first-order valence-corrected chi connectivity index (χ1v) is 10.8. The lowest BCUT2D eigenvalue weighted by atomic mass is 10.1. The lowest BCUT2D eigenvalue weighted by Gasteiger charge is -2.19. The standard InChI is InChI=1S/C21H18ClN5O2S/c1-30-20-24-18-17(13-23-26(18)11-10-14-6-3-2-4-7-14)19(25-20)27(21(28)29)16-9-5-8-15(22)12-16/h2-9,12-13H,10-11H2,1H3,(H,28,29). The van der Waals surface area contributed by atoms with E-state index in [1.165, 1.54) is 17.3 Å². The van der Waals surface area contributed by atoms with Gasteiger partial charge in [-0.05, 0) is 36.4 Å². The van der Waals surface area contributed by atoms with Gasteiger partial charge in [-0.3, -0.25) is 0 Å². The molecule has 30 heavy (non-hydrogen) atoms. The summed E-state index contributed by atoms with van der Waals surface area (Å²) in [5.41, 5.74) is 2.18. The lowest BCUT2D eigenvalue weighted by molar-refractivity contribution is 0.204. The second kappa shape index (κ2) is 8.73. The van der Waals surface area contributed by atoms with Crippen molar-refractivity contribution < 1.29 is 9.90 Å². The summed E-state index contributed by atoms with van der Waals surface area (Å²) in [6, 6.07) is 16.7. The minimum Gasteiger partial charge on any atom is -0.464 e. The number of fused-ring (bicyclic) bond motifs is 1. The maximum absolute atomic E-state index is 12.2. The fourth-order valence-corrected chi connectivity index (χ4v) is 3.70. The Kier molecular flexibility index (Phi) is 5.87. The van der Waals surface area contributed by atoms with Gasteiger partial charge in [0.15, 0.2) is 16.6 Å². The van der Waals surface area contributed by atoms with E-state index in [-0.39, 0.29) is 5.82 Å². The number of halogens is 1. The number of aryl methyl sites for hydroxylation is 2. The molecule has 4 rings (SSSR count). The van der Waals surface area contributed by atoms with Crippen molar-refractivity contribution >= 4 is 52.0 Å². The van der Waals surface area contributed by atoms with Crippen LogP contribution in [-0.4, -0.2) is 37.2 Å². The molecule has 2 aromatic carbocycles. The Labute approximate surface area is 182 Å². The Bertz CT molecular complexity index is 1200. The number of anilines is 2. The summed E-state index contributed by atoms with van der Waals surface area (Å²) < 4.78 is 1.78. The SMILES string of the molecule is CSc1nc(N(C(=O)O)c2cccc(Cl)c2)c2cnn(CCc3ccccc3)c2n1. The van der Waals surface area contributed by atoms with Gasteiger partial charge in [0.05, 0.1) is 17.3 Å². The second-order valence-electron chi connectivity index (χ2n) is 6.47. The molecule has 0 fully saturated rings. The Morgan fingerprint density at radius 3 is 2.67 bits per heavy atom. The van der Waals surface area contributed by atoms with E-state index in [0.717, 1.165) is 11.3 Å². The number of nitrogens with zero attached hydrogens (tertiary/aromatic N) is 5. The van der Waals surface area contributed by atoms with Crippen molar-refractivity contribution in [2.24, 2.45) is 0 Å². The first kappa shape index (κ1) is 20.2. The summed E-state index contributed by atoms with van der Waals surface area (Å²) in [5, 5.41) is 15.9. The molecule has 0 aliphatic rings. The minimum absolute atomic E-state index is 0.255. The van der Waals surface area contributed by atoms with Crippen LogP contribution >= 0.6 is 23.4 Å². The zero-order chi connectivity index (χ0) is 21.1. The molecule has 1 N–H and O–H groups in total. The predicted molar refractivity (Wildman–Crippen MR) is 119 cm³/mol. The molecule has 0 atom stereocenters. The fourth-order valence-electron chi connectivity index (χ4n) is 3.16. The van der Waals surface area contributed by atoms with Gasteiger partial charge in [0.1, 0.15) is 0 Å². The van der Waals surface area contributed by atoms with Crippen LogP contribution in [0.2, 0.25) is 5.02 Å². The smallest absolute Gasteiger partial charge is 0.417 e. The van der Waals surface area contributed by atoms with E-state index in [4.69, 9.17) is 11.6 Å². The molecule has 0 saturated heterocycles. The summed E-state index contributed by atoms with van der Waals surface area (Å²) >= 11 is 7.43. The molecule has 152 valence electrons. The molecule has 0 bridgehead atoms. The van der Waals surface area contributed by atoms with E-state index in [1.807, 2.05) is 24.5 Å². The molecule has 2 heterocycles. The van der Waals surface area contributed by atoms with E-state index in [0.29, 0.717) is 33.4 Å². The third-order valence-corrected chi connectivity index (χ3v) is 5.35. The molecule has 7 nitrogen and oxygen atoms in total. The van der Waals surface area contributed by atoms with Crippen molar-refractivity contribution in [2.45, 2.75) is 18.1 Å². The molecule has 4 aromatic rings. The van der Waals surface area contributed by atoms with Crippen LogP contribution in [-0.2, 0) is 13.0 Å². The number of amides is 1. The van der Waals surface area contributed by atoms with Gasteiger partial charge >= 0.3 is 6.09 Å². The van der Waals surface area contributed by atoms with Crippen molar-refractivity contribution in [1.29, 1.82) is 0 Å². The van der Waals surface area contributed by atoms with Crippen molar-refractivity contribution in [3.05, 3.63) is 71.4 Å². The number of hydrogen-bond acceptors (Lipinski definition) is 5. The number of rotatable bonds is 6. The van der Waals surface area contributed by atoms with E-state index >= 15 is 0 Å². The Morgan fingerprint density at radius 1 is 1.17 bits per heavy atom. The van der Waals surface area contributed by atoms with Gasteiger partial charge in [-0.15, -0.1) is 0 Å². The normalized spacial score (nSPS) is 11.0. The number of hydrogen-bond donors (Lipinski definition) is 1. The highest BCUT2D eigenvalue weighted by Crippen LogP contribution is 2.33. The van der Waals surface area contributed by atoms with Gasteiger partial charge < -0.3 is 5.11 Å². The molecule has 0 saturated carbocycles. The zero-order valence-corrected chi connectivity index (χ0v) is 17.6. The van der Waals surface area contributed by atoms with Gasteiger partial charge in [0, 0.05) is 11.6 Å². The molecule has 0 radical (unpaired) electrons. The number of carbonyl (C=O) groups is 1. The minimum atomic E-state index is -1.17. The number of carboxylic acid groups (broad SMARTS) is 1. The molecule has 2 aromatic heterocycles. The zero-order valence-electron chi connectivity index (χ0n) is 16.1. The second-order valence-corrected chi connectivity index (χ2v) is 7.68. The van der Waals surface area contributed by atoms with Gasteiger partial charge in [0.2, 0.25) is 0 Å². The van der Waals surface area contributed by atoms with E-state index in [2.05, 4.69) is 27.2 Å². The third-order valence-electron chi connectivity index (χ3n) is 4.56. The number of thioether (sulfide) groups is 1. The molecular formula is C21H18ClN5O2S. The molecule has 0 aliphatic heterocycles. The van der Waals surface area contributed by atoms with Gasteiger partial charge in [-0.1, -0.05) is 59.8 Å². The van der Waals surface area contributed by atoms with E-state index in [9.17, 15) is 9.90 Å². The molecule has 0 aliphatic carbocycles. The monoisotopic (exact) mass is 439 g/mol. The average molecular weight is 440 g/mol. The predicted octanol–water partition coefficient (Wildman–Crippen LogP) is 5.26. The largest absolute Gasteiger partial charge is 0.464 e. The lowest BCUT2D eigenvalue weighted by Crippen LogP contribution is -2.25. The van der Waals surface area contributed by atoms with Crippen molar-refractivity contribution in [1.82, 2.24) is 19.7 Å². The summed E-state index contributed by atoms with van der Waals surface area (Å²) in [6.07, 6.45) is 3.07. The molecule has 0 unspecified atom stereocenters. The molecule has 9 heteroatoms. The van der Waals surface area contributed by atoms with Crippen LogP contribution in [0.4, 0.5) is 16.3 Å². The van der Waals surface area contributed by atoms with Crippen LogP contribution in [0.25, 0.3) is 11.0 Å². The summed E-state index contributed by atoms with van der Waals surface area (Å²) in [6.45, 7) is 0.613. The maximum atomic E-state index is 12.2. The Morgan fingerprint density at radius 2 is 1.97 bits per heavy atom. The first-order chi connectivity index (χ1) is 14.6. The topological polar surface area (TPSA) is 84.1 Å². The van der Waals surface area contributed by atoms with Crippen molar-refractivity contribution in [3.8, 4) is 0 Å². The van der Waals surface area contributed by atoms with Gasteiger partial charge in [0.25, 0.3) is 0 Å². The van der Waals surface area contributed by atoms with E-state index < -0.39 is 6.09 Å². The van der Waals surface area contributed by atoms with Crippen LogP contribution in [0.5, 0.6) is 0 Å². The van der Waals surface area contributed by atoms with Crippen molar-refractivity contribution in [3.63, 3.8) is 0 Å². The van der Waals surface area contributed by atoms with Crippen LogP contribution in [0.15, 0.2) is 66.0 Å².